The fourth-order valence-electron chi connectivity index (χ4n) is 1.52. The lowest BCUT2D eigenvalue weighted by Crippen LogP contribution is -2.15. The number of carbonyl (C=O) groups is 1. The van der Waals surface area contributed by atoms with Crippen LogP contribution >= 0.6 is 11.3 Å². The smallest absolute Gasteiger partial charge is 0.335 e. The second-order valence-electron chi connectivity index (χ2n) is 3.99. The lowest BCUT2D eigenvalue weighted by Gasteiger charge is -2.05. The third-order valence-electron chi connectivity index (χ3n) is 2.30. The summed E-state index contributed by atoms with van der Waals surface area (Å²) in [6, 6.07) is 5.79. The zero-order valence-corrected chi connectivity index (χ0v) is 12.0. The number of aryl methyl sites for hydroxylation is 1. The van der Waals surface area contributed by atoms with Gasteiger partial charge >= 0.3 is 5.97 Å². The number of nitrogens with one attached hydrogen (secondary N) is 1. The van der Waals surface area contributed by atoms with Gasteiger partial charge in [-0.05, 0) is 24.6 Å². The van der Waals surface area contributed by atoms with Gasteiger partial charge in [-0.3, -0.25) is 4.72 Å². The Morgan fingerprint density at radius 2 is 2.15 bits per heavy atom. The fraction of sp³-hybridized carbons (Fsp3) is 0.182. The average Bonchev–Trinajstić information content (AvgIpc) is 2.73. The highest BCUT2D eigenvalue weighted by molar-refractivity contribution is 7.92. The third kappa shape index (κ3) is 3.75. The number of rotatable bonds is 5. The predicted molar refractivity (Wildman–Crippen MR) is 74.3 cm³/mol. The number of sulfonamides is 1. The van der Waals surface area contributed by atoms with E-state index in [1.807, 2.05) is 0 Å². The first-order valence-corrected chi connectivity index (χ1v) is 7.95. The van der Waals surface area contributed by atoms with Crippen molar-refractivity contribution in [1.29, 1.82) is 0 Å². The minimum atomic E-state index is -3.65. The van der Waals surface area contributed by atoms with Crippen LogP contribution in [0.5, 0.6) is 0 Å². The maximum Gasteiger partial charge on any atom is 0.335 e. The number of nitrogens with zero attached hydrogens (tertiary/aromatic N) is 2. The Morgan fingerprint density at radius 3 is 2.75 bits per heavy atom. The second kappa shape index (κ2) is 5.55. The standard InChI is InChI=1S/C11H11N3O4S2/c1-7-12-13-11(19-7)14-20(17,18)6-8-3-2-4-9(5-8)10(15)16/h2-5H,6H2,1H3,(H,13,14)(H,15,16). The molecule has 0 aliphatic carbocycles. The highest BCUT2D eigenvalue weighted by Crippen LogP contribution is 2.17. The van der Waals surface area contributed by atoms with Gasteiger partial charge in [-0.2, -0.15) is 0 Å². The largest absolute Gasteiger partial charge is 0.478 e. The quantitative estimate of drug-likeness (QED) is 0.865. The molecular weight excluding hydrogens is 302 g/mol. The van der Waals surface area contributed by atoms with Crippen LogP contribution in [-0.2, 0) is 15.8 Å². The van der Waals surface area contributed by atoms with Crippen LogP contribution < -0.4 is 4.72 Å². The van der Waals surface area contributed by atoms with Crippen molar-refractivity contribution in [3.63, 3.8) is 0 Å². The normalized spacial score (nSPS) is 11.2. The predicted octanol–water partition coefficient (Wildman–Crippen LogP) is 1.49. The summed E-state index contributed by atoms with van der Waals surface area (Å²) in [5.41, 5.74) is 0.433. The van der Waals surface area contributed by atoms with E-state index in [1.165, 1.54) is 18.2 Å². The van der Waals surface area contributed by atoms with Crippen LogP contribution in [0.15, 0.2) is 24.3 Å². The zero-order chi connectivity index (χ0) is 14.8. The molecule has 0 radical (unpaired) electrons. The fourth-order valence-corrected chi connectivity index (χ4v) is 3.51. The molecule has 0 saturated carbocycles. The van der Waals surface area contributed by atoms with Crippen molar-refractivity contribution in [3.05, 3.63) is 40.4 Å². The second-order valence-corrected chi connectivity index (χ2v) is 6.90. The molecule has 9 heteroatoms. The van der Waals surface area contributed by atoms with Crippen LogP contribution in [0.25, 0.3) is 0 Å². The molecule has 0 unspecified atom stereocenters. The van der Waals surface area contributed by atoms with Gasteiger partial charge in [-0.1, -0.05) is 23.5 Å². The molecule has 1 aromatic heterocycles. The number of anilines is 1. The summed E-state index contributed by atoms with van der Waals surface area (Å²) in [4.78, 5) is 10.8. The highest BCUT2D eigenvalue weighted by atomic mass is 32.2. The average molecular weight is 313 g/mol. The lowest BCUT2D eigenvalue weighted by atomic mass is 10.1. The molecule has 1 aromatic carbocycles. The molecule has 7 nitrogen and oxygen atoms in total. The van der Waals surface area contributed by atoms with Crippen LogP contribution in [0.1, 0.15) is 20.9 Å². The van der Waals surface area contributed by atoms with Crippen molar-refractivity contribution in [3.8, 4) is 0 Å². The van der Waals surface area contributed by atoms with E-state index in [2.05, 4.69) is 14.9 Å². The monoisotopic (exact) mass is 313 g/mol. The van der Waals surface area contributed by atoms with Gasteiger partial charge in [0.2, 0.25) is 15.2 Å². The maximum absolute atomic E-state index is 11.9. The summed E-state index contributed by atoms with van der Waals surface area (Å²) >= 11 is 1.13. The Bertz CT molecular complexity index is 740. The molecule has 0 spiro atoms. The lowest BCUT2D eigenvalue weighted by molar-refractivity contribution is 0.0696. The molecule has 0 amide bonds. The maximum atomic E-state index is 11.9. The molecule has 0 bridgehead atoms. The van der Waals surface area contributed by atoms with E-state index >= 15 is 0 Å². The SMILES string of the molecule is Cc1nnc(NS(=O)(=O)Cc2cccc(C(=O)O)c2)s1. The van der Waals surface area contributed by atoms with Crippen LogP contribution in [0.2, 0.25) is 0 Å². The van der Waals surface area contributed by atoms with Crippen LogP contribution in [-0.4, -0.2) is 29.7 Å². The van der Waals surface area contributed by atoms with Gasteiger partial charge in [0, 0.05) is 0 Å². The highest BCUT2D eigenvalue weighted by Gasteiger charge is 2.15. The van der Waals surface area contributed by atoms with Gasteiger partial charge in [0.15, 0.2) is 0 Å². The van der Waals surface area contributed by atoms with Gasteiger partial charge in [0.05, 0.1) is 11.3 Å². The number of aromatic nitrogens is 2. The van der Waals surface area contributed by atoms with Gasteiger partial charge in [0.1, 0.15) is 5.01 Å². The summed E-state index contributed by atoms with van der Waals surface area (Å²) in [5.74, 6) is -1.43. The number of hydrogen-bond donors (Lipinski definition) is 2. The van der Waals surface area contributed by atoms with Crippen LogP contribution in [0.3, 0.4) is 0 Å². The summed E-state index contributed by atoms with van der Waals surface area (Å²) in [6.45, 7) is 1.71. The van der Waals surface area contributed by atoms with Gasteiger partial charge in [0.25, 0.3) is 0 Å². The van der Waals surface area contributed by atoms with Crippen molar-refractivity contribution in [2.45, 2.75) is 12.7 Å². The first-order valence-electron chi connectivity index (χ1n) is 5.48. The number of benzene rings is 1. The zero-order valence-electron chi connectivity index (χ0n) is 10.4. The molecule has 2 aromatic rings. The van der Waals surface area contributed by atoms with E-state index in [-0.39, 0.29) is 16.4 Å². The Labute approximate surface area is 119 Å². The number of carboxylic acid groups (broad SMARTS) is 1. The minimum Gasteiger partial charge on any atom is -0.478 e. The van der Waals surface area contributed by atoms with Crippen LogP contribution in [0, 0.1) is 6.92 Å². The minimum absolute atomic E-state index is 0.0458. The van der Waals surface area contributed by atoms with E-state index in [4.69, 9.17) is 5.11 Å². The Morgan fingerprint density at radius 1 is 1.40 bits per heavy atom. The number of aromatic carboxylic acids is 1. The van der Waals surface area contributed by atoms with Crippen molar-refractivity contribution in [2.24, 2.45) is 0 Å². The summed E-state index contributed by atoms with van der Waals surface area (Å²) in [6.07, 6.45) is 0. The molecule has 20 heavy (non-hydrogen) atoms. The molecule has 0 saturated heterocycles. The summed E-state index contributed by atoms with van der Waals surface area (Å²) in [5, 5.41) is 17.1. The van der Waals surface area contributed by atoms with Crippen molar-refractivity contribution in [1.82, 2.24) is 10.2 Å². The van der Waals surface area contributed by atoms with Crippen LogP contribution in [0.4, 0.5) is 5.13 Å². The van der Waals surface area contributed by atoms with E-state index in [9.17, 15) is 13.2 Å². The topological polar surface area (TPSA) is 109 Å². The Balaban J connectivity index is 2.15. The van der Waals surface area contributed by atoms with E-state index in [0.717, 1.165) is 11.3 Å². The molecule has 0 atom stereocenters. The van der Waals surface area contributed by atoms with Gasteiger partial charge in [-0.25, -0.2) is 13.2 Å². The molecule has 2 rings (SSSR count). The first kappa shape index (κ1) is 14.4. The van der Waals surface area contributed by atoms with Crippen molar-refractivity contribution >= 4 is 32.5 Å². The van der Waals surface area contributed by atoms with E-state index in [0.29, 0.717) is 10.6 Å². The molecule has 0 aliphatic heterocycles. The summed E-state index contributed by atoms with van der Waals surface area (Å²) < 4.78 is 26.2. The van der Waals surface area contributed by atoms with Crippen molar-refractivity contribution < 1.29 is 18.3 Å². The van der Waals surface area contributed by atoms with Crippen molar-refractivity contribution in [2.75, 3.05) is 4.72 Å². The van der Waals surface area contributed by atoms with Gasteiger partial charge < -0.3 is 5.11 Å². The molecule has 0 fully saturated rings. The van der Waals surface area contributed by atoms with E-state index < -0.39 is 16.0 Å². The number of carboxylic acids is 1. The summed E-state index contributed by atoms with van der Waals surface area (Å²) in [7, 11) is -3.65. The van der Waals surface area contributed by atoms with E-state index in [1.54, 1.807) is 13.0 Å². The molecule has 0 aliphatic rings. The molecule has 106 valence electrons. The number of hydrogen-bond acceptors (Lipinski definition) is 6. The Kier molecular flexibility index (Phi) is 4.00. The first-order chi connectivity index (χ1) is 9.35. The van der Waals surface area contributed by atoms with Gasteiger partial charge in [-0.15, -0.1) is 10.2 Å². The third-order valence-corrected chi connectivity index (χ3v) is 4.40. The molecule has 2 N–H and O–H groups in total. The Hall–Kier alpha value is -2.00. The molecule has 1 heterocycles. The molecular formula is C11H11N3O4S2.